The Morgan fingerprint density at radius 3 is 2.52 bits per heavy atom. The predicted octanol–water partition coefficient (Wildman–Crippen LogP) is 3.36. The summed E-state index contributed by atoms with van der Waals surface area (Å²) < 4.78 is 0. The molecule has 1 atom stereocenters. The lowest BCUT2D eigenvalue weighted by Crippen LogP contribution is -2.16. The maximum atomic E-state index is 11.2. The molecule has 1 aromatic carbocycles. The first kappa shape index (κ1) is 15.0. The van der Waals surface area contributed by atoms with E-state index in [0.717, 1.165) is 17.5 Å². The average Bonchev–Trinajstić information content (AvgIpc) is 2.47. The Morgan fingerprint density at radius 2 is 1.95 bits per heavy atom. The number of hydrogen-bond donors (Lipinski definition) is 2. The number of nitrogens with one attached hydrogen (secondary N) is 1. The zero-order valence-corrected chi connectivity index (χ0v) is 12.4. The Kier molecular flexibility index (Phi) is 4.52. The Balaban J connectivity index is 2.44. The third kappa shape index (κ3) is 3.78. The van der Waals surface area contributed by atoms with E-state index in [9.17, 15) is 9.90 Å². The van der Waals surface area contributed by atoms with Crippen molar-refractivity contribution in [3.05, 3.63) is 41.6 Å². The number of hydrogen-bond acceptors (Lipinski definition) is 4. The number of rotatable bonds is 5. The highest BCUT2D eigenvalue weighted by Gasteiger charge is 2.12. The first-order valence-electron chi connectivity index (χ1n) is 6.95. The van der Waals surface area contributed by atoms with E-state index in [2.05, 4.69) is 22.2 Å². The van der Waals surface area contributed by atoms with Gasteiger partial charge in [0.15, 0.2) is 11.5 Å². The summed E-state index contributed by atoms with van der Waals surface area (Å²) in [6, 6.07) is 9.37. The van der Waals surface area contributed by atoms with Gasteiger partial charge in [-0.1, -0.05) is 36.8 Å². The SMILES string of the molecule is CCC(C)Nc1cc(C(=O)O)nc(-c2ccc(C)cc2)n1. The summed E-state index contributed by atoms with van der Waals surface area (Å²) in [7, 11) is 0. The van der Waals surface area contributed by atoms with E-state index < -0.39 is 5.97 Å². The normalized spacial score (nSPS) is 12.0. The lowest BCUT2D eigenvalue weighted by molar-refractivity contribution is 0.0690. The molecule has 21 heavy (non-hydrogen) atoms. The van der Waals surface area contributed by atoms with Crippen LogP contribution in [0.5, 0.6) is 0 Å². The fraction of sp³-hybridized carbons (Fsp3) is 0.312. The van der Waals surface area contributed by atoms with Crippen LogP contribution in [0.15, 0.2) is 30.3 Å². The molecule has 0 radical (unpaired) electrons. The Labute approximate surface area is 124 Å². The summed E-state index contributed by atoms with van der Waals surface area (Å²) in [4.78, 5) is 19.8. The molecule has 1 unspecified atom stereocenters. The monoisotopic (exact) mass is 285 g/mol. The molecule has 0 aliphatic heterocycles. The quantitative estimate of drug-likeness (QED) is 0.881. The van der Waals surface area contributed by atoms with Crippen LogP contribution in [-0.4, -0.2) is 27.1 Å². The number of carboxylic acid groups (broad SMARTS) is 1. The van der Waals surface area contributed by atoms with Crippen molar-refractivity contribution >= 4 is 11.8 Å². The summed E-state index contributed by atoms with van der Waals surface area (Å²) in [5.74, 6) is -0.106. The highest BCUT2D eigenvalue weighted by atomic mass is 16.4. The van der Waals surface area contributed by atoms with Crippen LogP contribution >= 0.6 is 0 Å². The van der Waals surface area contributed by atoms with Crippen molar-refractivity contribution in [3.8, 4) is 11.4 Å². The molecule has 0 amide bonds. The molecule has 2 rings (SSSR count). The van der Waals surface area contributed by atoms with E-state index in [1.807, 2.05) is 38.1 Å². The largest absolute Gasteiger partial charge is 0.477 e. The van der Waals surface area contributed by atoms with E-state index in [0.29, 0.717) is 11.6 Å². The fourth-order valence-electron chi connectivity index (χ4n) is 1.82. The molecule has 110 valence electrons. The van der Waals surface area contributed by atoms with Crippen LogP contribution in [0.3, 0.4) is 0 Å². The van der Waals surface area contributed by atoms with Gasteiger partial charge in [0.1, 0.15) is 5.82 Å². The van der Waals surface area contributed by atoms with Crippen LogP contribution in [0, 0.1) is 6.92 Å². The van der Waals surface area contributed by atoms with Gasteiger partial charge in [-0.2, -0.15) is 0 Å². The lowest BCUT2D eigenvalue weighted by atomic mass is 10.1. The van der Waals surface area contributed by atoms with E-state index in [1.165, 1.54) is 6.07 Å². The number of benzene rings is 1. The van der Waals surface area contributed by atoms with Crippen molar-refractivity contribution in [2.75, 3.05) is 5.32 Å². The van der Waals surface area contributed by atoms with Gasteiger partial charge in [-0.25, -0.2) is 14.8 Å². The third-order valence-electron chi connectivity index (χ3n) is 3.26. The van der Waals surface area contributed by atoms with Gasteiger partial charge in [-0.3, -0.25) is 0 Å². The van der Waals surface area contributed by atoms with Gasteiger partial charge in [-0.05, 0) is 20.3 Å². The van der Waals surface area contributed by atoms with Crippen molar-refractivity contribution < 1.29 is 9.90 Å². The van der Waals surface area contributed by atoms with Gasteiger partial charge in [0.25, 0.3) is 0 Å². The van der Waals surface area contributed by atoms with E-state index in [1.54, 1.807) is 0 Å². The number of anilines is 1. The molecule has 0 aliphatic carbocycles. The topological polar surface area (TPSA) is 75.1 Å². The Morgan fingerprint density at radius 1 is 1.29 bits per heavy atom. The van der Waals surface area contributed by atoms with Crippen LogP contribution in [0.2, 0.25) is 0 Å². The molecule has 1 heterocycles. The summed E-state index contributed by atoms with van der Waals surface area (Å²) in [5.41, 5.74) is 1.92. The second-order valence-corrected chi connectivity index (χ2v) is 5.09. The minimum Gasteiger partial charge on any atom is -0.477 e. The molecule has 0 fully saturated rings. The van der Waals surface area contributed by atoms with Gasteiger partial charge in [0, 0.05) is 17.7 Å². The predicted molar refractivity (Wildman–Crippen MR) is 82.5 cm³/mol. The van der Waals surface area contributed by atoms with Crippen LogP contribution in [0.4, 0.5) is 5.82 Å². The van der Waals surface area contributed by atoms with Crippen molar-refractivity contribution in [3.63, 3.8) is 0 Å². The highest BCUT2D eigenvalue weighted by Crippen LogP contribution is 2.19. The van der Waals surface area contributed by atoms with Gasteiger partial charge in [0.2, 0.25) is 0 Å². The molecule has 1 aromatic heterocycles. The maximum Gasteiger partial charge on any atom is 0.354 e. The van der Waals surface area contributed by atoms with Crippen molar-refractivity contribution in [1.82, 2.24) is 9.97 Å². The number of carbonyl (C=O) groups is 1. The van der Waals surface area contributed by atoms with E-state index in [4.69, 9.17) is 0 Å². The minimum atomic E-state index is -1.06. The zero-order valence-electron chi connectivity index (χ0n) is 12.4. The molecule has 5 heteroatoms. The second-order valence-electron chi connectivity index (χ2n) is 5.09. The molecule has 0 saturated heterocycles. The summed E-state index contributed by atoms with van der Waals surface area (Å²) in [5, 5.41) is 12.4. The second kappa shape index (κ2) is 6.35. The standard InChI is InChI=1S/C16H19N3O2/c1-4-11(3)17-14-9-13(16(20)21)18-15(19-14)12-7-5-10(2)6-8-12/h5-9,11H,4H2,1-3H3,(H,20,21)(H,17,18,19). The van der Waals surface area contributed by atoms with Crippen molar-refractivity contribution in [1.29, 1.82) is 0 Å². The Bertz CT molecular complexity index is 638. The molecule has 0 spiro atoms. The summed E-state index contributed by atoms with van der Waals surface area (Å²) in [6.07, 6.45) is 0.923. The molecule has 0 bridgehead atoms. The first-order chi connectivity index (χ1) is 9.99. The van der Waals surface area contributed by atoms with Gasteiger partial charge in [0.05, 0.1) is 0 Å². The van der Waals surface area contributed by atoms with E-state index in [-0.39, 0.29) is 11.7 Å². The van der Waals surface area contributed by atoms with Crippen LogP contribution < -0.4 is 5.32 Å². The molecular weight excluding hydrogens is 266 g/mol. The molecule has 0 aliphatic rings. The molecule has 2 N–H and O–H groups in total. The number of nitrogens with zero attached hydrogens (tertiary/aromatic N) is 2. The summed E-state index contributed by atoms with van der Waals surface area (Å²) >= 11 is 0. The highest BCUT2D eigenvalue weighted by molar-refractivity contribution is 5.87. The first-order valence-corrected chi connectivity index (χ1v) is 6.95. The maximum absolute atomic E-state index is 11.2. The summed E-state index contributed by atoms with van der Waals surface area (Å²) in [6.45, 7) is 6.07. The van der Waals surface area contributed by atoms with Crippen molar-refractivity contribution in [2.24, 2.45) is 0 Å². The molecule has 2 aromatic rings. The number of aromatic carboxylic acids is 1. The zero-order chi connectivity index (χ0) is 15.4. The average molecular weight is 285 g/mol. The van der Waals surface area contributed by atoms with Crippen LogP contribution in [0.1, 0.15) is 36.3 Å². The van der Waals surface area contributed by atoms with Gasteiger partial charge < -0.3 is 10.4 Å². The van der Waals surface area contributed by atoms with Gasteiger partial charge in [-0.15, -0.1) is 0 Å². The molecule has 0 saturated carbocycles. The minimum absolute atomic E-state index is 0.00798. The number of carboxylic acids is 1. The van der Waals surface area contributed by atoms with Crippen LogP contribution in [-0.2, 0) is 0 Å². The van der Waals surface area contributed by atoms with Crippen molar-refractivity contribution in [2.45, 2.75) is 33.2 Å². The number of aryl methyl sites for hydroxylation is 1. The molecular formula is C16H19N3O2. The lowest BCUT2D eigenvalue weighted by Gasteiger charge is -2.13. The third-order valence-corrected chi connectivity index (χ3v) is 3.26. The van der Waals surface area contributed by atoms with Gasteiger partial charge >= 0.3 is 5.97 Å². The fourth-order valence-corrected chi connectivity index (χ4v) is 1.82. The van der Waals surface area contributed by atoms with Crippen LogP contribution in [0.25, 0.3) is 11.4 Å². The smallest absolute Gasteiger partial charge is 0.354 e. The Hall–Kier alpha value is -2.43. The molecule has 5 nitrogen and oxygen atoms in total. The number of aromatic nitrogens is 2. The van der Waals surface area contributed by atoms with E-state index >= 15 is 0 Å².